The van der Waals surface area contributed by atoms with E-state index in [2.05, 4.69) is 5.32 Å². The summed E-state index contributed by atoms with van der Waals surface area (Å²) in [5, 5.41) is 2.55. The SMILES string of the molecule is CNC(C)CC(C)S(=O)(=O)C(C)C(C)C. The summed E-state index contributed by atoms with van der Waals surface area (Å²) in [4.78, 5) is 0. The molecule has 0 heterocycles. The minimum Gasteiger partial charge on any atom is -0.317 e. The summed E-state index contributed by atoms with van der Waals surface area (Å²) in [5.41, 5.74) is 0. The molecule has 3 nitrogen and oxygen atoms in total. The number of sulfone groups is 1. The first kappa shape index (κ1) is 14.9. The Balaban J connectivity index is 4.59. The van der Waals surface area contributed by atoms with Crippen molar-refractivity contribution in [2.75, 3.05) is 7.05 Å². The molecule has 0 aliphatic heterocycles. The van der Waals surface area contributed by atoms with E-state index in [4.69, 9.17) is 0 Å². The minimum absolute atomic E-state index is 0.183. The van der Waals surface area contributed by atoms with Crippen molar-refractivity contribution in [2.45, 2.75) is 57.6 Å². The molecule has 0 aliphatic carbocycles. The highest BCUT2D eigenvalue weighted by atomic mass is 32.2. The molecule has 4 heteroatoms. The van der Waals surface area contributed by atoms with Gasteiger partial charge in [0.1, 0.15) is 0 Å². The van der Waals surface area contributed by atoms with Crippen molar-refractivity contribution < 1.29 is 8.42 Å². The molecular weight excluding hydrogens is 210 g/mol. The van der Waals surface area contributed by atoms with Crippen LogP contribution in [0.3, 0.4) is 0 Å². The lowest BCUT2D eigenvalue weighted by molar-refractivity contribution is 0.506. The molecular formula is C11H25NO2S. The molecule has 92 valence electrons. The fraction of sp³-hybridized carbons (Fsp3) is 1.00. The second-order valence-electron chi connectivity index (χ2n) is 4.77. The summed E-state index contributed by atoms with van der Waals surface area (Å²) in [6, 6.07) is 0.245. The predicted molar refractivity (Wildman–Crippen MR) is 65.8 cm³/mol. The third kappa shape index (κ3) is 4.11. The Morgan fingerprint density at radius 1 is 1.07 bits per heavy atom. The molecule has 0 aromatic carbocycles. The molecule has 3 atom stereocenters. The predicted octanol–water partition coefficient (Wildman–Crippen LogP) is 1.83. The topological polar surface area (TPSA) is 46.2 Å². The van der Waals surface area contributed by atoms with Crippen molar-refractivity contribution in [3.63, 3.8) is 0 Å². The molecule has 0 rings (SSSR count). The monoisotopic (exact) mass is 235 g/mol. The van der Waals surface area contributed by atoms with E-state index < -0.39 is 9.84 Å². The maximum atomic E-state index is 12.1. The third-order valence-corrected chi connectivity index (χ3v) is 6.09. The van der Waals surface area contributed by atoms with Crippen LogP contribution in [0.15, 0.2) is 0 Å². The van der Waals surface area contributed by atoms with Crippen LogP contribution >= 0.6 is 0 Å². The van der Waals surface area contributed by atoms with Crippen molar-refractivity contribution >= 4 is 9.84 Å². The lowest BCUT2D eigenvalue weighted by atomic mass is 10.1. The van der Waals surface area contributed by atoms with Crippen LogP contribution in [0, 0.1) is 5.92 Å². The van der Waals surface area contributed by atoms with E-state index in [1.165, 1.54) is 0 Å². The van der Waals surface area contributed by atoms with E-state index in [-0.39, 0.29) is 22.5 Å². The highest BCUT2D eigenvalue weighted by molar-refractivity contribution is 7.92. The Labute approximate surface area is 94.6 Å². The van der Waals surface area contributed by atoms with Gasteiger partial charge in [0.2, 0.25) is 0 Å². The summed E-state index contributed by atoms with van der Waals surface area (Å²) < 4.78 is 24.2. The molecule has 0 aliphatic rings. The molecule has 0 saturated carbocycles. The van der Waals surface area contributed by atoms with Crippen LogP contribution in [-0.4, -0.2) is 32.0 Å². The summed E-state index contributed by atoms with van der Waals surface area (Å²) in [5.74, 6) is 0.183. The maximum Gasteiger partial charge on any atom is 0.155 e. The van der Waals surface area contributed by atoms with Gasteiger partial charge in [0, 0.05) is 6.04 Å². The van der Waals surface area contributed by atoms with Crippen molar-refractivity contribution in [1.29, 1.82) is 0 Å². The van der Waals surface area contributed by atoms with E-state index in [1.807, 2.05) is 34.7 Å². The Bertz CT molecular complexity index is 272. The quantitative estimate of drug-likeness (QED) is 0.764. The molecule has 0 spiro atoms. The molecule has 1 N–H and O–H groups in total. The summed E-state index contributed by atoms with van der Waals surface area (Å²) in [7, 11) is -1.13. The lowest BCUT2D eigenvalue weighted by Crippen LogP contribution is -2.36. The largest absolute Gasteiger partial charge is 0.317 e. The van der Waals surface area contributed by atoms with Crippen molar-refractivity contribution in [3.8, 4) is 0 Å². The average molecular weight is 235 g/mol. The maximum absolute atomic E-state index is 12.1. The van der Waals surface area contributed by atoms with Crippen molar-refractivity contribution in [3.05, 3.63) is 0 Å². The van der Waals surface area contributed by atoms with Gasteiger partial charge in [0.05, 0.1) is 10.5 Å². The highest BCUT2D eigenvalue weighted by Gasteiger charge is 2.30. The van der Waals surface area contributed by atoms with Gasteiger partial charge in [-0.25, -0.2) is 8.42 Å². The number of nitrogens with one attached hydrogen (secondary N) is 1. The zero-order chi connectivity index (χ0) is 12.2. The van der Waals surface area contributed by atoms with Crippen LogP contribution in [0.2, 0.25) is 0 Å². The Morgan fingerprint density at radius 2 is 1.53 bits per heavy atom. The molecule has 0 fully saturated rings. The Hall–Kier alpha value is -0.0900. The standard InChI is InChI=1S/C11H25NO2S/c1-8(2)11(5)15(13,14)10(4)7-9(3)12-6/h8-12H,7H2,1-6H3. The molecule has 0 amide bonds. The first-order chi connectivity index (χ1) is 6.73. The van der Waals surface area contributed by atoms with Gasteiger partial charge >= 0.3 is 0 Å². The van der Waals surface area contributed by atoms with Gasteiger partial charge in [-0.05, 0) is 40.2 Å². The zero-order valence-corrected chi connectivity index (χ0v) is 11.6. The van der Waals surface area contributed by atoms with Crippen LogP contribution in [0.4, 0.5) is 0 Å². The first-order valence-electron chi connectivity index (χ1n) is 5.63. The van der Waals surface area contributed by atoms with Crippen molar-refractivity contribution in [1.82, 2.24) is 5.32 Å². The Morgan fingerprint density at radius 3 is 1.87 bits per heavy atom. The van der Waals surface area contributed by atoms with E-state index in [9.17, 15) is 8.42 Å². The van der Waals surface area contributed by atoms with Gasteiger partial charge in [-0.1, -0.05) is 13.8 Å². The summed E-state index contributed by atoms with van der Waals surface area (Å²) in [6.45, 7) is 9.53. The van der Waals surface area contributed by atoms with Crippen LogP contribution in [0.1, 0.15) is 41.0 Å². The molecule has 0 aromatic heterocycles. The molecule has 0 aromatic rings. The average Bonchev–Trinajstić information content (AvgIpc) is 2.15. The second kappa shape index (κ2) is 5.85. The van der Waals surface area contributed by atoms with E-state index >= 15 is 0 Å². The number of hydrogen-bond acceptors (Lipinski definition) is 3. The third-order valence-electron chi connectivity index (χ3n) is 3.20. The molecule has 15 heavy (non-hydrogen) atoms. The fourth-order valence-corrected chi connectivity index (χ4v) is 3.54. The van der Waals surface area contributed by atoms with Gasteiger partial charge in [0.15, 0.2) is 9.84 Å². The Kier molecular flexibility index (Phi) is 5.81. The van der Waals surface area contributed by atoms with Crippen LogP contribution < -0.4 is 5.32 Å². The van der Waals surface area contributed by atoms with Gasteiger partial charge < -0.3 is 5.32 Å². The van der Waals surface area contributed by atoms with Gasteiger partial charge in [-0.15, -0.1) is 0 Å². The van der Waals surface area contributed by atoms with E-state index in [0.717, 1.165) is 0 Å². The van der Waals surface area contributed by atoms with Crippen LogP contribution in [-0.2, 0) is 9.84 Å². The second-order valence-corrected chi connectivity index (χ2v) is 7.50. The number of rotatable bonds is 6. The van der Waals surface area contributed by atoms with E-state index in [0.29, 0.717) is 6.42 Å². The van der Waals surface area contributed by atoms with Crippen LogP contribution in [0.5, 0.6) is 0 Å². The molecule has 0 radical (unpaired) electrons. The normalized spacial score (nSPS) is 18.9. The highest BCUT2D eigenvalue weighted by Crippen LogP contribution is 2.19. The molecule has 0 bridgehead atoms. The minimum atomic E-state index is -2.98. The van der Waals surface area contributed by atoms with Gasteiger partial charge in [-0.3, -0.25) is 0 Å². The number of hydrogen-bond donors (Lipinski definition) is 1. The molecule has 3 unspecified atom stereocenters. The van der Waals surface area contributed by atoms with Crippen molar-refractivity contribution in [2.24, 2.45) is 5.92 Å². The van der Waals surface area contributed by atoms with Gasteiger partial charge in [0.25, 0.3) is 0 Å². The zero-order valence-electron chi connectivity index (χ0n) is 10.7. The molecule has 0 saturated heterocycles. The lowest BCUT2D eigenvalue weighted by Gasteiger charge is -2.23. The van der Waals surface area contributed by atoms with Gasteiger partial charge in [-0.2, -0.15) is 0 Å². The smallest absolute Gasteiger partial charge is 0.155 e. The first-order valence-corrected chi connectivity index (χ1v) is 7.24. The summed E-state index contributed by atoms with van der Waals surface area (Å²) in [6.07, 6.45) is 0.676. The summed E-state index contributed by atoms with van der Waals surface area (Å²) >= 11 is 0. The van der Waals surface area contributed by atoms with E-state index in [1.54, 1.807) is 6.92 Å². The fourth-order valence-electron chi connectivity index (χ4n) is 1.50. The van der Waals surface area contributed by atoms with Crippen LogP contribution in [0.25, 0.3) is 0 Å².